The largest absolute Gasteiger partial charge is 0.389 e. The molecule has 0 aromatic carbocycles. The standard InChI is InChI=1S/C22H34N6O2S/c1-5-7-28(22(30)25-6-8-26(2)3)21(29)15-9-14-10-16-17(12-23)20(24)31-19(16)11-18(14)27(4)13-15/h14-15,18H,5-11,13,24H2,1-4H3,(H,25,30). The fourth-order valence-corrected chi connectivity index (χ4v) is 5.99. The normalized spacial score (nSPS) is 23.0. The molecule has 8 nitrogen and oxygen atoms in total. The van der Waals surface area contributed by atoms with Crippen LogP contribution in [-0.4, -0.2) is 80.0 Å². The lowest BCUT2D eigenvalue weighted by Gasteiger charge is -2.45. The molecule has 2 aliphatic rings. The smallest absolute Gasteiger partial charge is 0.324 e. The third-order valence-corrected chi connectivity index (χ3v) is 7.52. The van der Waals surface area contributed by atoms with E-state index in [2.05, 4.69) is 23.3 Å². The first-order valence-corrected chi connectivity index (χ1v) is 11.8. The summed E-state index contributed by atoms with van der Waals surface area (Å²) in [7, 11) is 5.96. The molecule has 1 aliphatic carbocycles. The molecule has 3 amide bonds. The maximum atomic E-state index is 13.4. The van der Waals surface area contributed by atoms with Gasteiger partial charge in [0.25, 0.3) is 0 Å². The Morgan fingerprint density at radius 1 is 1.32 bits per heavy atom. The molecule has 1 fully saturated rings. The van der Waals surface area contributed by atoms with Gasteiger partial charge in [0.15, 0.2) is 0 Å². The number of likely N-dealkylation sites (N-methyl/N-ethyl adjacent to an activating group) is 2. The number of thiophene rings is 1. The Morgan fingerprint density at radius 3 is 2.71 bits per heavy atom. The number of nitrogen functional groups attached to an aromatic ring is 1. The zero-order valence-corrected chi connectivity index (χ0v) is 19.8. The molecule has 0 bridgehead atoms. The molecule has 1 saturated heterocycles. The van der Waals surface area contributed by atoms with Crippen LogP contribution in [0, 0.1) is 23.2 Å². The number of urea groups is 1. The second-order valence-corrected chi connectivity index (χ2v) is 10.1. The summed E-state index contributed by atoms with van der Waals surface area (Å²) in [5.41, 5.74) is 7.75. The highest BCUT2D eigenvalue weighted by atomic mass is 32.1. The van der Waals surface area contributed by atoms with Crippen LogP contribution in [0.4, 0.5) is 9.80 Å². The lowest BCUT2D eigenvalue weighted by Crippen LogP contribution is -2.55. The van der Waals surface area contributed by atoms with Gasteiger partial charge in [-0.25, -0.2) is 4.79 Å². The van der Waals surface area contributed by atoms with E-state index in [0.29, 0.717) is 36.2 Å². The topological polar surface area (TPSA) is 106 Å². The van der Waals surface area contributed by atoms with E-state index >= 15 is 0 Å². The number of imide groups is 1. The predicted molar refractivity (Wildman–Crippen MR) is 123 cm³/mol. The minimum Gasteiger partial charge on any atom is -0.389 e. The monoisotopic (exact) mass is 446 g/mol. The number of rotatable bonds is 6. The number of nitrogens with zero attached hydrogens (tertiary/aromatic N) is 4. The minimum absolute atomic E-state index is 0.0920. The maximum absolute atomic E-state index is 13.4. The average Bonchev–Trinajstić information content (AvgIpc) is 3.03. The van der Waals surface area contributed by atoms with Gasteiger partial charge in [-0.1, -0.05) is 6.92 Å². The summed E-state index contributed by atoms with van der Waals surface area (Å²) >= 11 is 1.53. The van der Waals surface area contributed by atoms with E-state index in [-0.39, 0.29) is 23.8 Å². The van der Waals surface area contributed by atoms with E-state index in [1.54, 1.807) is 0 Å². The van der Waals surface area contributed by atoms with Crippen LogP contribution in [0.2, 0.25) is 0 Å². The molecule has 3 unspecified atom stereocenters. The van der Waals surface area contributed by atoms with E-state index < -0.39 is 0 Å². The Kier molecular flexibility index (Phi) is 7.57. The van der Waals surface area contributed by atoms with E-state index in [1.807, 2.05) is 25.9 Å². The fraction of sp³-hybridized carbons (Fsp3) is 0.682. The van der Waals surface area contributed by atoms with Crippen molar-refractivity contribution in [1.29, 1.82) is 5.26 Å². The average molecular weight is 447 g/mol. The Morgan fingerprint density at radius 2 is 2.06 bits per heavy atom. The van der Waals surface area contributed by atoms with Crippen LogP contribution in [0.15, 0.2) is 0 Å². The summed E-state index contributed by atoms with van der Waals surface area (Å²) in [6.45, 7) is 4.28. The third-order valence-electron chi connectivity index (χ3n) is 6.44. The number of carbonyl (C=O) groups is 2. The summed E-state index contributed by atoms with van der Waals surface area (Å²) in [6.07, 6.45) is 3.11. The molecule has 0 spiro atoms. The summed E-state index contributed by atoms with van der Waals surface area (Å²) in [5.74, 6) is -0.0346. The lowest BCUT2D eigenvalue weighted by molar-refractivity contribution is -0.136. The van der Waals surface area contributed by atoms with E-state index in [1.165, 1.54) is 21.1 Å². The molecule has 3 N–H and O–H groups in total. The molecule has 0 saturated carbocycles. The molecule has 1 aliphatic heterocycles. The number of fused-ring (bicyclic) bond motifs is 2. The maximum Gasteiger partial charge on any atom is 0.324 e. The number of hydrogen-bond acceptors (Lipinski definition) is 7. The minimum atomic E-state index is -0.304. The van der Waals surface area contributed by atoms with Gasteiger partial charge in [0.05, 0.1) is 11.5 Å². The first kappa shape index (κ1) is 23.5. The van der Waals surface area contributed by atoms with Crippen molar-refractivity contribution >= 4 is 28.3 Å². The molecule has 0 radical (unpaired) electrons. The number of nitrogens with two attached hydrogens (primary N) is 1. The van der Waals surface area contributed by atoms with Crippen molar-refractivity contribution < 1.29 is 9.59 Å². The van der Waals surface area contributed by atoms with Gasteiger partial charge in [0.1, 0.15) is 11.1 Å². The Bertz CT molecular complexity index is 861. The Labute approximate surface area is 189 Å². The molecule has 9 heteroatoms. The Balaban J connectivity index is 1.72. The number of hydrogen-bond donors (Lipinski definition) is 2. The van der Waals surface area contributed by atoms with Crippen molar-refractivity contribution in [2.75, 3.05) is 53.1 Å². The summed E-state index contributed by atoms with van der Waals surface area (Å²) in [6, 6.07) is 2.30. The second-order valence-electron chi connectivity index (χ2n) is 8.99. The molecule has 2 heterocycles. The first-order chi connectivity index (χ1) is 14.8. The number of likely N-dealkylation sites (tertiary alicyclic amines) is 1. The van der Waals surface area contributed by atoms with Gasteiger partial charge in [-0.05, 0) is 58.3 Å². The summed E-state index contributed by atoms with van der Waals surface area (Å²) < 4.78 is 0. The first-order valence-electron chi connectivity index (χ1n) is 11.0. The van der Waals surface area contributed by atoms with Crippen LogP contribution in [0.25, 0.3) is 0 Å². The zero-order valence-electron chi connectivity index (χ0n) is 19.0. The number of piperidine rings is 1. The van der Waals surface area contributed by atoms with Crippen LogP contribution in [0.5, 0.6) is 0 Å². The number of nitriles is 1. The quantitative estimate of drug-likeness (QED) is 0.690. The van der Waals surface area contributed by atoms with Crippen LogP contribution < -0.4 is 11.1 Å². The highest BCUT2D eigenvalue weighted by Gasteiger charge is 2.43. The van der Waals surface area contributed by atoms with Crippen LogP contribution >= 0.6 is 11.3 Å². The van der Waals surface area contributed by atoms with E-state index in [4.69, 9.17) is 5.73 Å². The number of carbonyl (C=O) groups excluding carboxylic acids is 2. The predicted octanol–water partition coefficient (Wildman–Crippen LogP) is 1.75. The van der Waals surface area contributed by atoms with Crippen molar-refractivity contribution in [3.63, 3.8) is 0 Å². The molecular weight excluding hydrogens is 412 g/mol. The highest BCUT2D eigenvalue weighted by molar-refractivity contribution is 7.16. The Hall–Kier alpha value is -2.15. The molecule has 3 atom stereocenters. The van der Waals surface area contributed by atoms with Crippen molar-refractivity contribution in [1.82, 2.24) is 20.0 Å². The van der Waals surface area contributed by atoms with Gasteiger partial charge in [-0.15, -0.1) is 11.3 Å². The van der Waals surface area contributed by atoms with Gasteiger partial charge < -0.3 is 20.9 Å². The molecule has 170 valence electrons. The fourth-order valence-electron chi connectivity index (χ4n) is 4.89. The lowest BCUT2D eigenvalue weighted by atomic mass is 9.74. The van der Waals surface area contributed by atoms with Crippen molar-refractivity contribution in [3.8, 4) is 6.07 Å². The summed E-state index contributed by atoms with van der Waals surface area (Å²) in [5, 5.41) is 13.0. The van der Waals surface area contributed by atoms with Crippen molar-refractivity contribution in [3.05, 3.63) is 16.0 Å². The highest BCUT2D eigenvalue weighted by Crippen LogP contribution is 2.42. The summed E-state index contributed by atoms with van der Waals surface area (Å²) in [4.78, 5) is 33.0. The third kappa shape index (κ3) is 5.03. The number of amides is 3. The van der Waals surface area contributed by atoms with Gasteiger partial charge in [-0.3, -0.25) is 9.69 Å². The van der Waals surface area contributed by atoms with Crippen LogP contribution in [-0.2, 0) is 17.6 Å². The van der Waals surface area contributed by atoms with E-state index in [9.17, 15) is 14.9 Å². The van der Waals surface area contributed by atoms with Gasteiger partial charge in [-0.2, -0.15) is 5.26 Å². The number of nitrogens with one attached hydrogen (secondary N) is 1. The molecule has 1 aromatic heterocycles. The van der Waals surface area contributed by atoms with Gasteiger partial charge in [0.2, 0.25) is 5.91 Å². The van der Waals surface area contributed by atoms with Gasteiger partial charge >= 0.3 is 6.03 Å². The SMILES string of the molecule is CCCN(C(=O)NCCN(C)C)C(=O)C1CC2Cc3c(sc(N)c3C#N)CC2N(C)C1. The molecule has 31 heavy (non-hydrogen) atoms. The van der Waals surface area contributed by atoms with Crippen molar-refractivity contribution in [2.24, 2.45) is 11.8 Å². The molecule has 3 rings (SSSR count). The van der Waals surface area contributed by atoms with Crippen LogP contribution in [0.1, 0.15) is 35.8 Å². The number of anilines is 1. The van der Waals surface area contributed by atoms with Crippen LogP contribution in [0.3, 0.4) is 0 Å². The molecular formula is C22H34N6O2S. The van der Waals surface area contributed by atoms with Gasteiger partial charge in [0, 0.05) is 37.1 Å². The van der Waals surface area contributed by atoms with Crippen molar-refractivity contribution in [2.45, 2.75) is 38.6 Å². The molecule has 1 aromatic rings. The van der Waals surface area contributed by atoms with E-state index in [0.717, 1.165) is 37.8 Å². The zero-order chi connectivity index (χ0) is 22.7. The second kappa shape index (κ2) is 9.98.